The number of aliphatic imine (C=N–C) groups is 1. The van der Waals surface area contributed by atoms with Crippen LogP contribution in [-0.2, 0) is 6.61 Å². The van der Waals surface area contributed by atoms with Gasteiger partial charge in [-0.1, -0.05) is 65.4 Å². The van der Waals surface area contributed by atoms with Crippen LogP contribution in [0, 0.1) is 0 Å². The standard InChI is InChI=1S/C22H16ClN3OS/c23-19-10-8-18(9-11-19)21-25-26-22(28-21)24-14-16-6-12-20(13-7-16)27-15-17-4-2-1-3-5-17/h1-14H,15H2. The number of halogens is 1. The van der Waals surface area contributed by atoms with E-state index in [9.17, 15) is 0 Å². The van der Waals surface area contributed by atoms with Crippen molar-refractivity contribution in [3.63, 3.8) is 0 Å². The Morgan fingerprint density at radius 2 is 1.64 bits per heavy atom. The molecule has 4 rings (SSSR count). The van der Waals surface area contributed by atoms with Crippen LogP contribution >= 0.6 is 22.9 Å². The molecule has 0 fully saturated rings. The van der Waals surface area contributed by atoms with Crippen LogP contribution in [-0.4, -0.2) is 16.4 Å². The van der Waals surface area contributed by atoms with Gasteiger partial charge in [0.1, 0.15) is 17.4 Å². The molecule has 0 saturated carbocycles. The van der Waals surface area contributed by atoms with E-state index in [-0.39, 0.29) is 0 Å². The van der Waals surface area contributed by atoms with Crippen molar-refractivity contribution in [3.05, 3.63) is 95.0 Å². The smallest absolute Gasteiger partial charge is 0.231 e. The minimum Gasteiger partial charge on any atom is -0.489 e. The predicted octanol–water partition coefficient (Wildman–Crippen LogP) is 6.19. The Balaban J connectivity index is 1.37. The highest BCUT2D eigenvalue weighted by atomic mass is 35.5. The second kappa shape index (κ2) is 8.78. The van der Waals surface area contributed by atoms with E-state index in [1.165, 1.54) is 11.3 Å². The maximum absolute atomic E-state index is 5.92. The Labute approximate surface area is 172 Å². The summed E-state index contributed by atoms with van der Waals surface area (Å²) >= 11 is 7.35. The van der Waals surface area contributed by atoms with E-state index in [2.05, 4.69) is 15.2 Å². The molecule has 6 heteroatoms. The van der Waals surface area contributed by atoms with Gasteiger partial charge in [0.05, 0.1) is 0 Å². The average molecular weight is 406 g/mol. The SMILES string of the molecule is Clc1ccc(-c2nnc(N=Cc3ccc(OCc4ccccc4)cc3)s2)cc1. The molecule has 0 aliphatic heterocycles. The molecule has 0 N–H and O–H groups in total. The zero-order valence-corrected chi connectivity index (χ0v) is 16.4. The van der Waals surface area contributed by atoms with Crippen LogP contribution in [0.5, 0.6) is 5.75 Å². The van der Waals surface area contributed by atoms with Crippen LogP contribution in [0.25, 0.3) is 10.6 Å². The lowest BCUT2D eigenvalue weighted by Gasteiger charge is -2.06. The van der Waals surface area contributed by atoms with Crippen LogP contribution in [0.15, 0.2) is 83.9 Å². The topological polar surface area (TPSA) is 47.4 Å². The molecule has 0 radical (unpaired) electrons. The lowest BCUT2D eigenvalue weighted by atomic mass is 10.2. The maximum atomic E-state index is 5.92. The van der Waals surface area contributed by atoms with Gasteiger partial charge in [-0.2, -0.15) is 0 Å². The summed E-state index contributed by atoms with van der Waals surface area (Å²) in [4.78, 5) is 4.42. The molecular weight excluding hydrogens is 390 g/mol. The second-order valence-corrected chi connectivity index (χ2v) is 7.39. The fourth-order valence-corrected chi connectivity index (χ4v) is 3.32. The maximum Gasteiger partial charge on any atom is 0.231 e. The fourth-order valence-electron chi connectivity index (χ4n) is 2.50. The highest BCUT2D eigenvalue weighted by Crippen LogP contribution is 2.28. The molecule has 0 amide bonds. The van der Waals surface area contributed by atoms with E-state index in [0.717, 1.165) is 27.4 Å². The van der Waals surface area contributed by atoms with Gasteiger partial charge in [0.15, 0.2) is 0 Å². The molecule has 1 aromatic heterocycles. The monoisotopic (exact) mass is 405 g/mol. The van der Waals surface area contributed by atoms with Gasteiger partial charge >= 0.3 is 0 Å². The lowest BCUT2D eigenvalue weighted by molar-refractivity contribution is 0.306. The normalized spacial score (nSPS) is 11.0. The third-order valence-corrected chi connectivity index (χ3v) is 5.09. The van der Waals surface area contributed by atoms with Crippen molar-refractivity contribution in [1.82, 2.24) is 10.2 Å². The minimum absolute atomic E-state index is 0.548. The summed E-state index contributed by atoms with van der Waals surface area (Å²) in [5.74, 6) is 0.821. The first kappa shape index (κ1) is 18.3. The van der Waals surface area contributed by atoms with Crippen LogP contribution in [0.2, 0.25) is 5.02 Å². The van der Waals surface area contributed by atoms with Gasteiger partial charge in [-0.15, -0.1) is 10.2 Å². The summed E-state index contributed by atoms with van der Waals surface area (Å²) in [6, 6.07) is 25.4. The van der Waals surface area contributed by atoms with E-state index in [4.69, 9.17) is 16.3 Å². The van der Waals surface area contributed by atoms with E-state index in [1.54, 1.807) is 6.21 Å². The van der Waals surface area contributed by atoms with Crippen molar-refractivity contribution in [2.45, 2.75) is 6.61 Å². The van der Waals surface area contributed by atoms with Crippen molar-refractivity contribution >= 4 is 34.3 Å². The molecule has 0 aliphatic rings. The molecule has 0 saturated heterocycles. The number of hydrogen-bond acceptors (Lipinski definition) is 5. The molecular formula is C22H16ClN3OS. The summed E-state index contributed by atoms with van der Waals surface area (Å²) in [6.45, 7) is 0.548. The molecule has 0 unspecified atom stereocenters. The van der Waals surface area contributed by atoms with Crippen molar-refractivity contribution in [2.24, 2.45) is 4.99 Å². The summed E-state index contributed by atoms with van der Waals surface area (Å²) < 4.78 is 5.80. The highest BCUT2D eigenvalue weighted by molar-refractivity contribution is 7.18. The molecule has 0 atom stereocenters. The Hall–Kier alpha value is -3.02. The molecule has 28 heavy (non-hydrogen) atoms. The molecule has 4 aromatic rings. The molecule has 138 valence electrons. The molecule has 3 aromatic carbocycles. The third-order valence-electron chi connectivity index (χ3n) is 3.96. The number of hydrogen-bond donors (Lipinski definition) is 0. The van der Waals surface area contributed by atoms with Crippen LogP contribution in [0.4, 0.5) is 5.13 Å². The number of benzene rings is 3. The van der Waals surface area contributed by atoms with Gasteiger partial charge in [-0.05, 0) is 47.5 Å². The number of nitrogens with zero attached hydrogens (tertiary/aromatic N) is 3. The Morgan fingerprint density at radius 1 is 0.893 bits per heavy atom. The van der Waals surface area contributed by atoms with Gasteiger partial charge in [0, 0.05) is 16.8 Å². The molecule has 1 heterocycles. The first-order valence-corrected chi connectivity index (χ1v) is 9.86. The Kier molecular flexibility index (Phi) is 5.75. The largest absolute Gasteiger partial charge is 0.489 e. The van der Waals surface area contributed by atoms with E-state index in [1.807, 2.05) is 78.9 Å². The predicted molar refractivity (Wildman–Crippen MR) is 115 cm³/mol. The number of ether oxygens (including phenoxy) is 1. The number of rotatable bonds is 6. The minimum atomic E-state index is 0.548. The lowest BCUT2D eigenvalue weighted by Crippen LogP contribution is -1.94. The van der Waals surface area contributed by atoms with Gasteiger partial charge in [-0.3, -0.25) is 0 Å². The van der Waals surface area contributed by atoms with E-state index in [0.29, 0.717) is 16.8 Å². The van der Waals surface area contributed by atoms with Crippen molar-refractivity contribution in [2.75, 3.05) is 0 Å². The van der Waals surface area contributed by atoms with Gasteiger partial charge in [0.2, 0.25) is 5.13 Å². The Bertz CT molecular complexity index is 1060. The van der Waals surface area contributed by atoms with E-state index >= 15 is 0 Å². The van der Waals surface area contributed by atoms with Gasteiger partial charge in [0.25, 0.3) is 0 Å². The number of aromatic nitrogens is 2. The summed E-state index contributed by atoms with van der Waals surface area (Å²) in [6.07, 6.45) is 1.77. The Morgan fingerprint density at radius 3 is 2.39 bits per heavy atom. The summed E-state index contributed by atoms with van der Waals surface area (Å²) in [5.41, 5.74) is 3.08. The van der Waals surface area contributed by atoms with Crippen LogP contribution < -0.4 is 4.74 Å². The zero-order valence-electron chi connectivity index (χ0n) is 14.8. The van der Waals surface area contributed by atoms with Crippen molar-refractivity contribution < 1.29 is 4.74 Å². The van der Waals surface area contributed by atoms with Gasteiger partial charge < -0.3 is 4.74 Å². The van der Waals surface area contributed by atoms with Crippen molar-refractivity contribution in [3.8, 4) is 16.3 Å². The molecule has 0 spiro atoms. The van der Waals surface area contributed by atoms with Crippen molar-refractivity contribution in [1.29, 1.82) is 0 Å². The quantitative estimate of drug-likeness (QED) is 0.359. The third kappa shape index (κ3) is 4.82. The average Bonchev–Trinajstić information content (AvgIpc) is 3.22. The molecule has 0 bridgehead atoms. The molecule has 0 aliphatic carbocycles. The zero-order chi connectivity index (χ0) is 19.2. The highest BCUT2D eigenvalue weighted by Gasteiger charge is 2.05. The summed E-state index contributed by atoms with van der Waals surface area (Å²) in [5, 5.41) is 10.4. The first-order chi connectivity index (χ1) is 13.8. The van der Waals surface area contributed by atoms with Gasteiger partial charge in [-0.25, -0.2) is 4.99 Å². The van der Waals surface area contributed by atoms with E-state index < -0.39 is 0 Å². The summed E-state index contributed by atoms with van der Waals surface area (Å²) in [7, 11) is 0. The molecule has 4 nitrogen and oxygen atoms in total. The second-order valence-electron chi connectivity index (χ2n) is 6.00. The van der Waals surface area contributed by atoms with Crippen LogP contribution in [0.1, 0.15) is 11.1 Å². The fraction of sp³-hybridized carbons (Fsp3) is 0.0455. The van der Waals surface area contributed by atoms with Crippen LogP contribution in [0.3, 0.4) is 0 Å². The first-order valence-electron chi connectivity index (χ1n) is 8.66.